The second kappa shape index (κ2) is 5.51. The van der Waals surface area contributed by atoms with E-state index < -0.39 is 0 Å². The molecule has 0 spiro atoms. The zero-order chi connectivity index (χ0) is 8.81. The fourth-order valence-corrected chi connectivity index (χ4v) is 1.72. The Kier molecular flexibility index (Phi) is 4.58. The highest BCUT2D eigenvalue weighted by Crippen LogP contribution is 2.25. The van der Waals surface area contributed by atoms with E-state index in [9.17, 15) is 0 Å². The predicted molar refractivity (Wildman–Crippen MR) is 45.8 cm³/mol. The van der Waals surface area contributed by atoms with Crippen molar-refractivity contribution in [1.82, 2.24) is 0 Å². The molecule has 0 aliphatic heterocycles. The van der Waals surface area contributed by atoms with Crippen molar-refractivity contribution in [2.24, 2.45) is 5.92 Å². The van der Waals surface area contributed by atoms with Gasteiger partial charge in [0.15, 0.2) is 0 Å². The Morgan fingerprint density at radius 2 is 2.25 bits per heavy atom. The Hall–Kier alpha value is -0.120. The molecule has 1 rings (SSSR count). The maximum absolute atomic E-state index is 8.95. The lowest BCUT2D eigenvalue weighted by atomic mass is 9.88. The van der Waals surface area contributed by atoms with Crippen molar-refractivity contribution in [3.8, 4) is 0 Å². The van der Waals surface area contributed by atoms with Gasteiger partial charge in [-0.05, 0) is 25.2 Å². The maximum Gasteiger partial charge on any atom is 0.146 e. The molecule has 0 amide bonds. The average molecular weight is 174 g/mol. The zero-order valence-electron chi connectivity index (χ0n) is 7.66. The van der Waals surface area contributed by atoms with Gasteiger partial charge in [-0.1, -0.05) is 6.42 Å². The van der Waals surface area contributed by atoms with Crippen LogP contribution in [0.25, 0.3) is 0 Å². The molecule has 0 aromatic carbocycles. The summed E-state index contributed by atoms with van der Waals surface area (Å²) in [4.78, 5) is 0. The Balaban J connectivity index is 2.16. The van der Waals surface area contributed by atoms with E-state index in [4.69, 9.17) is 14.6 Å². The van der Waals surface area contributed by atoms with Crippen molar-refractivity contribution < 1.29 is 14.6 Å². The number of ether oxygens (including phenoxy) is 2. The summed E-state index contributed by atoms with van der Waals surface area (Å²) in [6, 6.07) is 0. The Labute approximate surface area is 73.7 Å². The smallest absolute Gasteiger partial charge is 0.146 e. The summed E-state index contributed by atoms with van der Waals surface area (Å²) in [6.45, 7) is 0.676. The van der Waals surface area contributed by atoms with Crippen LogP contribution in [0.4, 0.5) is 0 Å². The second-order valence-electron chi connectivity index (χ2n) is 3.41. The van der Waals surface area contributed by atoms with Crippen LogP contribution in [0.2, 0.25) is 0 Å². The van der Waals surface area contributed by atoms with E-state index in [0.29, 0.717) is 25.4 Å². The fraction of sp³-hybridized carbons (Fsp3) is 1.00. The highest BCUT2D eigenvalue weighted by Gasteiger charge is 2.21. The van der Waals surface area contributed by atoms with Crippen LogP contribution < -0.4 is 0 Å². The van der Waals surface area contributed by atoms with Crippen molar-refractivity contribution in [3.05, 3.63) is 0 Å². The fourth-order valence-electron chi connectivity index (χ4n) is 1.72. The minimum Gasteiger partial charge on any atom is -0.396 e. The molecule has 3 nitrogen and oxygen atoms in total. The molecule has 0 heterocycles. The van der Waals surface area contributed by atoms with E-state index in [1.807, 2.05) is 0 Å². The molecule has 1 fully saturated rings. The monoisotopic (exact) mass is 174 g/mol. The van der Waals surface area contributed by atoms with Gasteiger partial charge in [-0.3, -0.25) is 0 Å². The van der Waals surface area contributed by atoms with Crippen LogP contribution in [0.15, 0.2) is 0 Å². The molecule has 0 saturated heterocycles. The minimum atomic E-state index is 0.298. The number of hydrogen-bond acceptors (Lipinski definition) is 3. The highest BCUT2D eigenvalue weighted by molar-refractivity contribution is 4.72. The topological polar surface area (TPSA) is 38.7 Å². The van der Waals surface area contributed by atoms with Gasteiger partial charge in [0.05, 0.1) is 6.10 Å². The maximum atomic E-state index is 8.95. The summed E-state index contributed by atoms with van der Waals surface area (Å²) in [5.74, 6) is 0.445. The Morgan fingerprint density at radius 1 is 1.42 bits per heavy atom. The Morgan fingerprint density at radius 3 is 2.92 bits per heavy atom. The van der Waals surface area contributed by atoms with Crippen LogP contribution >= 0.6 is 0 Å². The van der Waals surface area contributed by atoms with Gasteiger partial charge >= 0.3 is 0 Å². The van der Waals surface area contributed by atoms with E-state index >= 15 is 0 Å². The SMILES string of the molecule is COCO[C@H]1CCC[C@@H](CO)C1. The van der Waals surface area contributed by atoms with Gasteiger partial charge in [0.2, 0.25) is 0 Å². The van der Waals surface area contributed by atoms with Gasteiger partial charge in [-0.2, -0.15) is 0 Å². The molecular formula is C9H18O3. The largest absolute Gasteiger partial charge is 0.396 e. The molecule has 0 bridgehead atoms. The van der Waals surface area contributed by atoms with Crippen LogP contribution in [-0.2, 0) is 9.47 Å². The van der Waals surface area contributed by atoms with Crippen molar-refractivity contribution in [3.63, 3.8) is 0 Å². The van der Waals surface area contributed by atoms with Crippen molar-refractivity contribution in [1.29, 1.82) is 0 Å². The third kappa shape index (κ3) is 3.09. The molecule has 3 heteroatoms. The molecule has 1 aliphatic carbocycles. The summed E-state index contributed by atoms with van der Waals surface area (Å²) in [7, 11) is 1.63. The first-order valence-corrected chi connectivity index (χ1v) is 4.58. The first kappa shape index (κ1) is 9.96. The molecule has 72 valence electrons. The van der Waals surface area contributed by atoms with Gasteiger partial charge in [0.1, 0.15) is 6.79 Å². The molecule has 1 N–H and O–H groups in total. The standard InChI is InChI=1S/C9H18O3/c1-11-7-12-9-4-2-3-8(5-9)6-10/h8-10H,2-7H2,1H3/t8-,9+/m1/s1. The molecule has 0 radical (unpaired) electrons. The van der Waals surface area contributed by atoms with Crippen LogP contribution in [0.5, 0.6) is 0 Å². The normalized spacial score (nSPS) is 30.5. The zero-order valence-corrected chi connectivity index (χ0v) is 7.66. The lowest BCUT2D eigenvalue weighted by Gasteiger charge is -2.27. The average Bonchev–Trinajstić information content (AvgIpc) is 2.15. The molecule has 0 aromatic heterocycles. The van der Waals surface area contributed by atoms with Crippen LogP contribution in [0, 0.1) is 5.92 Å². The first-order chi connectivity index (χ1) is 5.86. The summed E-state index contributed by atoms with van der Waals surface area (Å²) in [5.41, 5.74) is 0. The summed E-state index contributed by atoms with van der Waals surface area (Å²) >= 11 is 0. The lowest BCUT2D eigenvalue weighted by Crippen LogP contribution is -2.25. The van der Waals surface area contributed by atoms with E-state index in [1.54, 1.807) is 7.11 Å². The van der Waals surface area contributed by atoms with E-state index in [2.05, 4.69) is 0 Å². The molecule has 12 heavy (non-hydrogen) atoms. The van der Waals surface area contributed by atoms with E-state index in [0.717, 1.165) is 19.3 Å². The van der Waals surface area contributed by atoms with Crippen molar-refractivity contribution >= 4 is 0 Å². The molecule has 1 saturated carbocycles. The number of methoxy groups -OCH3 is 1. The number of hydrogen-bond donors (Lipinski definition) is 1. The lowest BCUT2D eigenvalue weighted by molar-refractivity contribution is -0.0907. The predicted octanol–water partition coefficient (Wildman–Crippen LogP) is 1.16. The summed E-state index contributed by atoms with van der Waals surface area (Å²) < 4.78 is 10.3. The summed E-state index contributed by atoms with van der Waals surface area (Å²) in [6.07, 6.45) is 4.71. The van der Waals surface area contributed by atoms with Gasteiger partial charge in [-0.15, -0.1) is 0 Å². The van der Waals surface area contributed by atoms with Crippen molar-refractivity contribution in [2.75, 3.05) is 20.5 Å². The number of aliphatic hydroxyl groups is 1. The molecule has 1 aliphatic rings. The number of rotatable bonds is 4. The molecule has 2 atom stereocenters. The van der Waals surface area contributed by atoms with Gasteiger partial charge in [0, 0.05) is 13.7 Å². The summed E-state index contributed by atoms with van der Waals surface area (Å²) in [5, 5.41) is 8.95. The van der Waals surface area contributed by atoms with Gasteiger partial charge < -0.3 is 14.6 Å². The van der Waals surface area contributed by atoms with Gasteiger partial charge in [-0.25, -0.2) is 0 Å². The number of aliphatic hydroxyl groups excluding tert-OH is 1. The van der Waals surface area contributed by atoms with E-state index in [-0.39, 0.29) is 0 Å². The van der Waals surface area contributed by atoms with Gasteiger partial charge in [0.25, 0.3) is 0 Å². The Bertz CT molecular complexity index is 116. The quantitative estimate of drug-likeness (QED) is 0.650. The van der Waals surface area contributed by atoms with Crippen LogP contribution in [0.3, 0.4) is 0 Å². The third-order valence-corrected chi connectivity index (χ3v) is 2.41. The third-order valence-electron chi connectivity index (χ3n) is 2.41. The minimum absolute atomic E-state index is 0.298. The van der Waals surface area contributed by atoms with Crippen LogP contribution in [-0.4, -0.2) is 31.7 Å². The molecular weight excluding hydrogens is 156 g/mol. The molecule has 0 unspecified atom stereocenters. The van der Waals surface area contributed by atoms with Crippen molar-refractivity contribution in [2.45, 2.75) is 31.8 Å². The van der Waals surface area contributed by atoms with Crippen LogP contribution in [0.1, 0.15) is 25.7 Å². The second-order valence-corrected chi connectivity index (χ2v) is 3.41. The highest BCUT2D eigenvalue weighted by atomic mass is 16.7. The molecule has 0 aromatic rings. The first-order valence-electron chi connectivity index (χ1n) is 4.58. The van der Waals surface area contributed by atoms with E-state index in [1.165, 1.54) is 6.42 Å².